The maximum atomic E-state index is 11.3. The van der Waals surface area contributed by atoms with Gasteiger partial charge in [0.2, 0.25) is 0 Å². The van der Waals surface area contributed by atoms with Crippen LogP contribution >= 0.6 is 0 Å². The highest BCUT2D eigenvalue weighted by Crippen LogP contribution is 2.23. The Balaban J connectivity index is 5.30. The second-order valence-electron chi connectivity index (χ2n) is 3.53. The molecule has 0 aromatic rings. The maximum Gasteiger partial charge on any atom is 0.457 e. The number of carbonyl (C=O) groups is 2. The summed E-state index contributed by atoms with van der Waals surface area (Å²) in [6.07, 6.45) is -0.952. The van der Waals surface area contributed by atoms with Crippen LogP contribution in [0.4, 0.5) is 0 Å². The molecule has 0 aliphatic heterocycles. The number of carbonyl (C=O) groups excluding carboxylic acids is 2. The van der Waals surface area contributed by atoms with Crippen LogP contribution in [0.1, 0.15) is 13.3 Å². The SMILES string of the molecule is COC(=O)C(CC(C)([N+](=O)[O-])[N+](=O)[O-])C(=O)OC. The average molecular weight is 264 g/mol. The lowest BCUT2D eigenvalue weighted by molar-refractivity contribution is -0.793. The van der Waals surface area contributed by atoms with E-state index < -0.39 is 39.8 Å². The van der Waals surface area contributed by atoms with Gasteiger partial charge in [-0.2, -0.15) is 0 Å². The molecule has 10 nitrogen and oxygen atoms in total. The molecule has 0 unspecified atom stereocenters. The molecule has 0 saturated carbocycles. The van der Waals surface area contributed by atoms with Crippen LogP contribution in [0.15, 0.2) is 0 Å². The highest BCUT2D eigenvalue weighted by molar-refractivity contribution is 5.94. The number of methoxy groups -OCH3 is 2. The van der Waals surface area contributed by atoms with Gasteiger partial charge < -0.3 is 9.47 Å². The van der Waals surface area contributed by atoms with Crippen molar-refractivity contribution in [2.45, 2.75) is 19.0 Å². The summed E-state index contributed by atoms with van der Waals surface area (Å²) in [5, 5.41) is 21.4. The number of rotatable bonds is 6. The summed E-state index contributed by atoms with van der Waals surface area (Å²) in [6.45, 7) is 0.700. The fraction of sp³-hybridized carbons (Fsp3) is 0.750. The Labute approximate surface area is 101 Å². The summed E-state index contributed by atoms with van der Waals surface area (Å²) in [4.78, 5) is 41.5. The molecule has 102 valence electrons. The molecule has 0 aromatic carbocycles. The maximum absolute atomic E-state index is 11.3. The highest BCUT2D eigenvalue weighted by atomic mass is 16.7. The van der Waals surface area contributed by atoms with Crippen LogP contribution in [-0.2, 0) is 19.1 Å². The molecule has 0 aliphatic rings. The third-order valence-electron chi connectivity index (χ3n) is 2.35. The summed E-state index contributed by atoms with van der Waals surface area (Å²) in [5.74, 6) is -3.98. The smallest absolute Gasteiger partial charge is 0.457 e. The van der Waals surface area contributed by atoms with E-state index in [1.165, 1.54) is 0 Å². The first-order valence-corrected chi connectivity index (χ1v) is 4.65. The Bertz CT molecular complexity index is 349. The lowest BCUT2D eigenvalue weighted by Gasteiger charge is -2.17. The van der Waals surface area contributed by atoms with E-state index in [1.807, 2.05) is 0 Å². The van der Waals surface area contributed by atoms with E-state index in [0.717, 1.165) is 14.2 Å². The molecule has 0 bridgehead atoms. The largest absolute Gasteiger partial charge is 0.468 e. The van der Waals surface area contributed by atoms with Gasteiger partial charge in [0.25, 0.3) is 0 Å². The van der Waals surface area contributed by atoms with Crippen molar-refractivity contribution in [2.75, 3.05) is 14.2 Å². The molecule has 0 rings (SSSR count). The molecule has 18 heavy (non-hydrogen) atoms. The molecule has 10 heteroatoms. The van der Waals surface area contributed by atoms with Crippen molar-refractivity contribution in [3.05, 3.63) is 20.2 Å². The number of esters is 2. The van der Waals surface area contributed by atoms with Gasteiger partial charge in [-0.1, -0.05) is 0 Å². The fourth-order valence-corrected chi connectivity index (χ4v) is 1.15. The van der Waals surface area contributed by atoms with Crippen LogP contribution < -0.4 is 0 Å². The standard InChI is InChI=1S/C8H12N2O8/c1-8(9(13)14,10(15)16)4-5(6(11)17-2)7(12)18-3/h5H,4H2,1-3H3. The van der Waals surface area contributed by atoms with E-state index in [2.05, 4.69) is 9.47 Å². The van der Waals surface area contributed by atoms with Crippen LogP contribution in [0, 0.1) is 26.1 Å². The topological polar surface area (TPSA) is 139 Å². The second kappa shape index (κ2) is 5.89. The molecule has 0 fully saturated rings. The van der Waals surface area contributed by atoms with Gasteiger partial charge >= 0.3 is 17.6 Å². The van der Waals surface area contributed by atoms with E-state index in [1.54, 1.807) is 0 Å². The number of nitrogens with zero attached hydrogens (tertiary/aromatic N) is 2. The van der Waals surface area contributed by atoms with E-state index >= 15 is 0 Å². The van der Waals surface area contributed by atoms with Gasteiger partial charge in [-0.15, -0.1) is 0 Å². The molecule has 0 saturated heterocycles. The van der Waals surface area contributed by atoms with E-state index in [4.69, 9.17) is 0 Å². The number of hydrogen-bond donors (Lipinski definition) is 0. The normalized spacial score (nSPS) is 10.9. The number of ether oxygens (including phenoxy) is 2. The lowest BCUT2D eigenvalue weighted by Crippen LogP contribution is -2.47. The van der Waals surface area contributed by atoms with Gasteiger partial charge in [0.15, 0.2) is 5.92 Å². The number of hydrogen-bond acceptors (Lipinski definition) is 8. The Kier molecular flexibility index (Phi) is 5.15. The Hall–Kier alpha value is -2.26. The molecule has 0 spiro atoms. The molecule has 0 radical (unpaired) electrons. The van der Waals surface area contributed by atoms with Crippen molar-refractivity contribution in [3.63, 3.8) is 0 Å². The summed E-state index contributed by atoms with van der Waals surface area (Å²) in [5.41, 5.74) is -2.67. The molecule has 0 heterocycles. The van der Waals surface area contributed by atoms with E-state index in [-0.39, 0.29) is 0 Å². The van der Waals surface area contributed by atoms with Gasteiger partial charge in [-0.25, -0.2) is 0 Å². The third-order valence-corrected chi connectivity index (χ3v) is 2.35. The first-order chi connectivity index (χ1) is 8.20. The molecule has 0 amide bonds. The van der Waals surface area contributed by atoms with Crippen LogP contribution in [0.2, 0.25) is 0 Å². The van der Waals surface area contributed by atoms with Crippen molar-refractivity contribution in [3.8, 4) is 0 Å². The van der Waals surface area contributed by atoms with Gasteiger partial charge in [0.05, 0.1) is 31.0 Å². The molecular weight excluding hydrogens is 252 g/mol. The van der Waals surface area contributed by atoms with Gasteiger partial charge in [-0.05, 0) is 0 Å². The van der Waals surface area contributed by atoms with Crippen molar-refractivity contribution < 1.29 is 28.9 Å². The van der Waals surface area contributed by atoms with Crippen LogP contribution in [0.3, 0.4) is 0 Å². The minimum Gasteiger partial charge on any atom is -0.468 e. The fourth-order valence-electron chi connectivity index (χ4n) is 1.15. The Morgan fingerprint density at radius 1 is 1.11 bits per heavy atom. The van der Waals surface area contributed by atoms with Crippen molar-refractivity contribution >= 4 is 11.9 Å². The monoisotopic (exact) mass is 264 g/mol. The Morgan fingerprint density at radius 3 is 1.67 bits per heavy atom. The van der Waals surface area contributed by atoms with Gasteiger partial charge in [0, 0.05) is 0 Å². The molecule has 0 atom stereocenters. The van der Waals surface area contributed by atoms with E-state index in [9.17, 15) is 29.8 Å². The quantitative estimate of drug-likeness (QED) is 0.208. The summed E-state index contributed by atoms with van der Waals surface area (Å²) < 4.78 is 8.51. The third kappa shape index (κ3) is 3.12. The Morgan fingerprint density at radius 2 is 1.44 bits per heavy atom. The zero-order chi connectivity index (χ0) is 14.5. The lowest BCUT2D eigenvalue weighted by atomic mass is 9.96. The summed E-state index contributed by atoms with van der Waals surface area (Å²) >= 11 is 0. The molecule has 0 N–H and O–H groups in total. The summed E-state index contributed by atoms with van der Waals surface area (Å²) in [6, 6.07) is 0. The van der Waals surface area contributed by atoms with Crippen LogP contribution in [0.25, 0.3) is 0 Å². The van der Waals surface area contributed by atoms with E-state index in [0.29, 0.717) is 6.92 Å². The van der Waals surface area contributed by atoms with Crippen LogP contribution in [0.5, 0.6) is 0 Å². The first kappa shape index (κ1) is 15.7. The zero-order valence-corrected chi connectivity index (χ0v) is 9.94. The molecule has 0 aliphatic carbocycles. The molecule has 0 aromatic heterocycles. The zero-order valence-electron chi connectivity index (χ0n) is 9.94. The first-order valence-electron chi connectivity index (χ1n) is 4.65. The van der Waals surface area contributed by atoms with Crippen molar-refractivity contribution in [2.24, 2.45) is 5.92 Å². The predicted octanol–water partition coefficient (Wildman–Crippen LogP) is -0.392. The summed E-state index contributed by atoms with van der Waals surface area (Å²) in [7, 11) is 1.90. The van der Waals surface area contributed by atoms with Crippen molar-refractivity contribution in [1.29, 1.82) is 0 Å². The second-order valence-corrected chi connectivity index (χ2v) is 3.53. The minimum atomic E-state index is -2.67. The van der Waals surface area contributed by atoms with Crippen molar-refractivity contribution in [1.82, 2.24) is 0 Å². The number of nitro groups is 2. The van der Waals surface area contributed by atoms with Gasteiger partial charge in [-0.3, -0.25) is 29.8 Å². The van der Waals surface area contributed by atoms with Crippen LogP contribution in [-0.4, -0.2) is 41.7 Å². The van der Waals surface area contributed by atoms with Gasteiger partial charge in [0.1, 0.15) is 6.42 Å². The highest BCUT2D eigenvalue weighted by Gasteiger charge is 2.55. The predicted molar refractivity (Wildman–Crippen MR) is 54.5 cm³/mol. The average Bonchev–Trinajstić information content (AvgIpc) is 2.33. The molecular formula is C8H12N2O8. The minimum absolute atomic E-state index is 0.700.